The van der Waals surface area contributed by atoms with Gasteiger partial charge in [0.2, 0.25) is 0 Å². The monoisotopic (exact) mass is 326 g/mol. The molecule has 2 rings (SSSR count). The molecule has 1 aromatic carbocycles. The van der Waals surface area contributed by atoms with E-state index in [9.17, 15) is 4.39 Å². The van der Waals surface area contributed by atoms with E-state index in [1.165, 1.54) is 6.07 Å². The maximum atomic E-state index is 13.6. The predicted octanol–water partition coefficient (Wildman–Crippen LogP) is 3.28. The molecule has 0 aliphatic carbocycles. The molecule has 1 unspecified atom stereocenters. The molecule has 4 nitrogen and oxygen atoms in total. The Kier molecular flexibility index (Phi) is 4.31. The summed E-state index contributed by atoms with van der Waals surface area (Å²) < 4.78 is 15.6. The van der Waals surface area contributed by atoms with E-state index in [0.717, 1.165) is 24.1 Å². The zero-order valence-electron chi connectivity index (χ0n) is 10.9. The van der Waals surface area contributed by atoms with Crippen molar-refractivity contribution < 1.29 is 4.39 Å². The number of nitrogens with two attached hydrogens (primary N) is 1. The fourth-order valence-corrected chi connectivity index (χ4v) is 2.36. The molecule has 102 valence electrons. The number of rotatable bonds is 4. The predicted molar refractivity (Wildman–Crippen MR) is 75.6 cm³/mol. The largest absolute Gasteiger partial charge is 0.323 e. The van der Waals surface area contributed by atoms with Gasteiger partial charge in [0.15, 0.2) is 0 Å². The Labute approximate surface area is 119 Å². The molecule has 19 heavy (non-hydrogen) atoms. The molecular weight excluding hydrogens is 311 g/mol. The van der Waals surface area contributed by atoms with Crippen molar-refractivity contribution >= 4 is 15.9 Å². The second-order valence-electron chi connectivity index (χ2n) is 4.54. The minimum absolute atomic E-state index is 0.126. The molecule has 0 saturated carbocycles. The molecule has 0 spiro atoms. The van der Waals surface area contributed by atoms with Crippen LogP contribution in [0.3, 0.4) is 0 Å². The lowest BCUT2D eigenvalue weighted by Gasteiger charge is -2.07. The first-order valence-electron chi connectivity index (χ1n) is 6.16. The zero-order chi connectivity index (χ0) is 14.0. The highest BCUT2D eigenvalue weighted by molar-refractivity contribution is 9.10. The number of aryl methyl sites for hydroxylation is 1. The Morgan fingerprint density at radius 3 is 2.89 bits per heavy atom. The van der Waals surface area contributed by atoms with Gasteiger partial charge in [-0.15, -0.1) is 5.10 Å². The molecule has 2 aromatic rings. The van der Waals surface area contributed by atoms with Crippen LogP contribution in [0.5, 0.6) is 0 Å². The van der Waals surface area contributed by atoms with Gasteiger partial charge in [-0.3, -0.25) is 0 Å². The second kappa shape index (κ2) is 5.79. The summed E-state index contributed by atoms with van der Waals surface area (Å²) in [4.78, 5) is 0. The first-order chi connectivity index (χ1) is 9.02. The topological polar surface area (TPSA) is 56.7 Å². The van der Waals surface area contributed by atoms with Crippen molar-refractivity contribution in [3.8, 4) is 5.69 Å². The summed E-state index contributed by atoms with van der Waals surface area (Å²) in [5, 5.41) is 8.08. The summed E-state index contributed by atoms with van der Waals surface area (Å²) in [6.45, 7) is 3.96. The highest BCUT2D eigenvalue weighted by Gasteiger charge is 2.13. The molecule has 0 bridgehead atoms. The van der Waals surface area contributed by atoms with Crippen LogP contribution >= 0.6 is 15.9 Å². The van der Waals surface area contributed by atoms with Crippen LogP contribution in [-0.2, 0) is 0 Å². The van der Waals surface area contributed by atoms with Crippen molar-refractivity contribution in [1.82, 2.24) is 15.0 Å². The van der Waals surface area contributed by atoms with E-state index in [0.29, 0.717) is 10.2 Å². The third kappa shape index (κ3) is 3.01. The Hall–Kier alpha value is -1.27. The van der Waals surface area contributed by atoms with E-state index in [4.69, 9.17) is 5.73 Å². The molecule has 1 aromatic heterocycles. The van der Waals surface area contributed by atoms with E-state index >= 15 is 0 Å². The number of hydrogen-bond acceptors (Lipinski definition) is 3. The van der Waals surface area contributed by atoms with E-state index in [1.807, 2.05) is 6.92 Å². The fourth-order valence-electron chi connectivity index (χ4n) is 1.91. The van der Waals surface area contributed by atoms with E-state index in [2.05, 4.69) is 33.2 Å². The second-order valence-corrected chi connectivity index (χ2v) is 5.39. The summed E-state index contributed by atoms with van der Waals surface area (Å²) >= 11 is 3.16. The summed E-state index contributed by atoms with van der Waals surface area (Å²) in [6.07, 6.45) is 3.60. The van der Waals surface area contributed by atoms with E-state index < -0.39 is 0 Å². The van der Waals surface area contributed by atoms with Crippen molar-refractivity contribution in [2.24, 2.45) is 5.73 Å². The van der Waals surface area contributed by atoms with Crippen LogP contribution in [-0.4, -0.2) is 15.0 Å². The van der Waals surface area contributed by atoms with Crippen LogP contribution in [0.4, 0.5) is 4.39 Å². The molecule has 0 radical (unpaired) electrons. The highest BCUT2D eigenvalue weighted by Crippen LogP contribution is 2.23. The van der Waals surface area contributed by atoms with Crippen LogP contribution in [0, 0.1) is 12.7 Å². The Balaban J connectivity index is 2.35. The lowest BCUT2D eigenvalue weighted by atomic mass is 10.1. The fraction of sp³-hybridized carbons (Fsp3) is 0.385. The van der Waals surface area contributed by atoms with Crippen LogP contribution in [0.1, 0.15) is 37.1 Å². The van der Waals surface area contributed by atoms with Crippen LogP contribution in [0.15, 0.2) is 22.8 Å². The van der Waals surface area contributed by atoms with Crippen molar-refractivity contribution in [3.05, 3.63) is 39.9 Å². The standard InChI is InChI=1S/C13H16BrFN4/c1-3-4-11(16)12-7-19(18-17-12)13-6-10(15)9(14)5-8(13)2/h5-7,11H,3-4,16H2,1-2H3. The first kappa shape index (κ1) is 14.1. The molecule has 0 aliphatic heterocycles. The Morgan fingerprint density at radius 1 is 1.47 bits per heavy atom. The molecule has 0 fully saturated rings. The van der Waals surface area contributed by atoms with Gasteiger partial charge >= 0.3 is 0 Å². The quantitative estimate of drug-likeness (QED) is 0.938. The van der Waals surface area contributed by atoms with Crippen molar-refractivity contribution in [2.75, 3.05) is 0 Å². The normalized spacial score (nSPS) is 12.7. The van der Waals surface area contributed by atoms with Crippen molar-refractivity contribution in [1.29, 1.82) is 0 Å². The van der Waals surface area contributed by atoms with Gasteiger partial charge in [0.1, 0.15) is 5.82 Å². The Morgan fingerprint density at radius 2 is 2.21 bits per heavy atom. The molecule has 2 N–H and O–H groups in total. The number of nitrogens with zero attached hydrogens (tertiary/aromatic N) is 3. The summed E-state index contributed by atoms with van der Waals surface area (Å²) in [7, 11) is 0. The smallest absolute Gasteiger partial charge is 0.139 e. The molecule has 1 heterocycles. The molecule has 0 saturated heterocycles. The first-order valence-corrected chi connectivity index (χ1v) is 6.96. The molecule has 6 heteroatoms. The van der Waals surface area contributed by atoms with Gasteiger partial charge < -0.3 is 5.73 Å². The van der Waals surface area contributed by atoms with Gasteiger partial charge in [0, 0.05) is 6.07 Å². The summed E-state index contributed by atoms with van der Waals surface area (Å²) in [5.41, 5.74) is 8.30. The SMILES string of the molecule is CCCC(N)c1cn(-c2cc(F)c(Br)cc2C)nn1. The van der Waals surface area contributed by atoms with Gasteiger partial charge in [0.05, 0.1) is 28.1 Å². The summed E-state index contributed by atoms with van der Waals surface area (Å²) in [5.74, 6) is -0.324. The lowest BCUT2D eigenvalue weighted by Crippen LogP contribution is -2.10. The molecule has 1 atom stereocenters. The number of hydrogen-bond donors (Lipinski definition) is 1. The average molecular weight is 327 g/mol. The minimum Gasteiger partial charge on any atom is -0.323 e. The molecular formula is C13H16BrFN4. The highest BCUT2D eigenvalue weighted by atomic mass is 79.9. The van der Waals surface area contributed by atoms with E-state index in [-0.39, 0.29) is 11.9 Å². The third-order valence-corrected chi connectivity index (χ3v) is 3.58. The maximum absolute atomic E-state index is 13.6. The van der Waals surface area contributed by atoms with Crippen LogP contribution in [0.2, 0.25) is 0 Å². The van der Waals surface area contributed by atoms with Gasteiger partial charge in [-0.05, 0) is 40.9 Å². The zero-order valence-corrected chi connectivity index (χ0v) is 12.5. The Bertz CT molecular complexity index is 582. The van der Waals surface area contributed by atoms with E-state index in [1.54, 1.807) is 16.9 Å². The lowest BCUT2D eigenvalue weighted by molar-refractivity contribution is 0.616. The maximum Gasteiger partial charge on any atom is 0.139 e. The van der Waals surface area contributed by atoms with Gasteiger partial charge in [-0.2, -0.15) is 0 Å². The van der Waals surface area contributed by atoms with Crippen LogP contribution < -0.4 is 5.73 Å². The molecule has 0 amide bonds. The van der Waals surface area contributed by atoms with Crippen molar-refractivity contribution in [2.45, 2.75) is 32.7 Å². The van der Waals surface area contributed by atoms with Crippen molar-refractivity contribution in [3.63, 3.8) is 0 Å². The third-order valence-electron chi connectivity index (χ3n) is 2.98. The molecule has 0 aliphatic rings. The number of halogens is 2. The van der Waals surface area contributed by atoms with Gasteiger partial charge in [-0.1, -0.05) is 18.6 Å². The van der Waals surface area contributed by atoms with Gasteiger partial charge in [0.25, 0.3) is 0 Å². The average Bonchev–Trinajstić information content (AvgIpc) is 2.83. The van der Waals surface area contributed by atoms with Crippen LogP contribution in [0.25, 0.3) is 5.69 Å². The van der Waals surface area contributed by atoms with Gasteiger partial charge in [-0.25, -0.2) is 9.07 Å². The number of benzene rings is 1. The number of aromatic nitrogens is 3. The summed E-state index contributed by atoms with van der Waals surface area (Å²) in [6, 6.07) is 3.03. The minimum atomic E-state index is -0.324.